The van der Waals surface area contributed by atoms with Crippen LogP contribution in [0.25, 0.3) is 0 Å². The van der Waals surface area contributed by atoms with Crippen LogP contribution < -0.4 is 11.1 Å². The summed E-state index contributed by atoms with van der Waals surface area (Å²) in [6, 6.07) is 11.9. The molecule has 0 spiro atoms. The van der Waals surface area contributed by atoms with Gasteiger partial charge in [0, 0.05) is 37.9 Å². The van der Waals surface area contributed by atoms with E-state index in [9.17, 15) is 9.59 Å². The first-order valence-electron chi connectivity index (χ1n) is 8.45. The summed E-state index contributed by atoms with van der Waals surface area (Å²) in [5.74, 6) is -0.345. The fourth-order valence-corrected chi connectivity index (χ4v) is 3.10. The van der Waals surface area contributed by atoms with E-state index in [0.29, 0.717) is 24.2 Å². The van der Waals surface area contributed by atoms with E-state index < -0.39 is 5.91 Å². The van der Waals surface area contributed by atoms with E-state index in [1.165, 1.54) is 11.8 Å². The minimum atomic E-state index is -0.510. The summed E-state index contributed by atoms with van der Waals surface area (Å²) in [6.45, 7) is 1.36. The van der Waals surface area contributed by atoms with Crippen LogP contribution in [0.1, 0.15) is 28.8 Å². The van der Waals surface area contributed by atoms with Gasteiger partial charge in [0.05, 0.1) is 11.3 Å². The molecule has 0 saturated carbocycles. The van der Waals surface area contributed by atoms with E-state index in [0.717, 1.165) is 19.4 Å². The summed E-state index contributed by atoms with van der Waals surface area (Å²) in [7, 11) is 0. The van der Waals surface area contributed by atoms with Crippen LogP contribution in [0.4, 0.5) is 5.69 Å². The van der Waals surface area contributed by atoms with Crippen LogP contribution in [0.5, 0.6) is 0 Å². The standard InChI is InChI=1S/C19H22N4O2/c20-19(25)16-12-21-10-8-17(16)22-15-9-11-23(13-15)18(24)7-6-14-4-2-1-3-5-14/h1-5,8,10,12,15H,6-7,9,11,13H2,(H2,20,25)(H,21,22). The fraction of sp³-hybridized carbons (Fsp3) is 0.316. The summed E-state index contributed by atoms with van der Waals surface area (Å²) in [6.07, 6.45) is 5.19. The summed E-state index contributed by atoms with van der Waals surface area (Å²) in [5, 5.41) is 3.31. The maximum Gasteiger partial charge on any atom is 0.252 e. The van der Waals surface area contributed by atoms with Crippen molar-refractivity contribution >= 4 is 17.5 Å². The van der Waals surface area contributed by atoms with Gasteiger partial charge in [0.1, 0.15) is 0 Å². The number of benzene rings is 1. The van der Waals surface area contributed by atoms with Crippen molar-refractivity contribution in [2.45, 2.75) is 25.3 Å². The molecule has 1 saturated heterocycles. The Hall–Kier alpha value is -2.89. The number of nitrogens with zero attached hydrogens (tertiary/aromatic N) is 2. The summed E-state index contributed by atoms with van der Waals surface area (Å²) < 4.78 is 0. The van der Waals surface area contributed by atoms with Crippen molar-refractivity contribution < 1.29 is 9.59 Å². The van der Waals surface area contributed by atoms with Crippen LogP contribution in [0, 0.1) is 0 Å². The summed E-state index contributed by atoms with van der Waals surface area (Å²) in [5.41, 5.74) is 7.59. The van der Waals surface area contributed by atoms with Gasteiger partial charge in [-0.25, -0.2) is 0 Å². The molecule has 1 aromatic carbocycles. The number of aromatic nitrogens is 1. The van der Waals surface area contributed by atoms with E-state index in [-0.39, 0.29) is 11.9 Å². The van der Waals surface area contributed by atoms with Gasteiger partial charge >= 0.3 is 0 Å². The second-order valence-corrected chi connectivity index (χ2v) is 6.24. The second kappa shape index (κ2) is 7.79. The van der Waals surface area contributed by atoms with Crippen LogP contribution in [0.15, 0.2) is 48.8 Å². The monoisotopic (exact) mass is 338 g/mol. The van der Waals surface area contributed by atoms with E-state index in [1.807, 2.05) is 35.2 Å². The molecule has 25 heavy (non-hydrogen) atoms. The maximum atomic E-state index is 12.4. The molecule has 1 atom stereocenters. The number of anilines is 1. The van der Waals surface area contributed by atoms with Gasteiger partial charge in [-0.15, -0.1) is 0 Å². The Bertz CT molecular complexity index is 748. The highest BCUT2D eigenvalue weighted by molar-refractivity contribution is 5.98. The lowest BCUT2D eigenvalue weighted by Gasteiger charge is -2.18. The molecule has 1 aliphatic heterocycles. The number of amides is 2. The third-order valence-electron chi connectivity index (χ3n) is 4.46. The molecule has 3 rings (SSSR count). The number of nitrogens with two attached hydrogens (primary N) is 1. The lowest BCUT2D eigenvalue weighted by atomic mass is 10.1. The molecule has 2 amide bonds. The Morgan fingerprint density at radius 3 is 2.80 bits per heavy atom. The van der Waals surface area contributed by atoms with Gasteiger partial charge in [-0.3, -0.25) is 14.6 Å². The van der Waals surface area contributed by atoms with Gasteiger partial charge in [0.2, 0.25) is 5.91 Å². The highest BCUT2D eigenvalue weighted by Gasteiger charge is 2.26. The van der Waals surface area contributed by atoms with Crippen LogP contribution in [-0.2, 0) is 11.2 Å². The van der Waals surface area contributed by atoms with Gasteiger partial charge < -0.3 is 16.0 Å². The summed E-state index contributed by atoms with van der Waals surface area (Å²) in [4.78, 5) is 29.7. The van der Waals surface area contributed by atoms with E-state index in [1.54, 1.807) is 12.3 Å². The topological polar surface area (TPSA) is 88.3 Å². The van der Waals surface area contributed by atoms with Crippen molar-refractivity contribution in [2.24, 2.45) is 5.73 Å². The fourth-order valence-electron chi connectivity index (χ4n) is 3.10. The first kappa shape index (κ1) is 17.0. The number of hydrogen-bond acceptors (Lipinski definition) is 4. The third-order valence-corrected chi connectivity index (χ3v) is 4.46. The molecule has 2 heterocycles. The van der Waals surface area contributed by atoms with Crippen LogP contribution in [0.2, 0.25) is 0 Å². The largest absolute Gasteiger partial charge is 0.380 e. The molecule has 1 aliphatic rings. The Labute approximate surface area is 147 Å². The normalized spacial score (nSPS) is 16.6. The molecular formula is C19H22N4O2. The van der Waals surface area contributed by atoms with Crippen molar-refractivity contribution in [2.75, 3.05) is 18.4 Å². The maximum absolute atomic E-state index is 12.4. The summed E-state index contributed by atoms with van der Waals surface area (Å²) >= 11 is 0. The number of rotatable bonds is 6. The number of hydrogen-bond donors (Lipinski definition) is 2. The number of likely N-dealkylation sites (tertiary alicyclic amines) is 1. The molecule has 1 fully saturated rings. The SMILES string of the molecule is NC(=O)c1cnccc1NC1CCN(C(=O)CCc2ccccc2)C1. The minimum absolute atomic E-state index is 0.112. The van der Waals surface area contributed by atoms with Crippen LogP contribution in [-0.4, -0.2) is 40.8 Å². The zero-order chi connectivity index (χ0) is 17.6. The highest BCUT2D eigenvalue weighted by atomic mass is 16.2. The number of aryl methyl sites for hydroxylation is 1. The molecule has 2 aromatic rings. The van der Waals surface area contributed by atoms with E-state index in [4.69, 9.17) is 5.73 Å². The molecule has 1 unspecified atom stereocenters. The van der Waals surface area contributed by atoms with Crippen molar-refractivity contribution in [1.29, 1.82) is 0 Å². The highest BCUT2D eigenvalue weighted by Crippen LogP contribution is 2.19. The van der Waals surface area contributed by atoms with Crippen molar-refractivity contribution in [1.82, 2.24) is 9.88 Å². The molecular weight excluding hydrogens is 316 g/mol. The Kier molecular flexibility index (Phi) is 5.28. The average Bonchev–Trinajstić information content (AvgIpc) is 3.09. The van der Waals surface area contributed by atoms with Gasteiger partial charge in [-0.2, -0.15) is 0 Å². The second-order valence-electron chi connectivity index (χ2n) is 6.24. The molecule has 0 radical (unpaired) electrons. The predicted octanol–water partition coefficient (Wildman–Crippen LogP) is 1.83. The van der Waals surface area contributed by atoms with Crippen molar-refractivity contribution in [3.63, 3.8) is 0 Å². The number of primary amides is 1. The Balaban J connectivity index is 1.53. The van der Waals surface area contributed by atoms with E-state index >= 15 is 0 Å². The van der Waals surface area contributed by atoms with Gasteiger partial charge in [-0.1, -0.05) is 30.3 Å². The number of pyridine rings is 1. The molecule has 0 aliphatic carbocycles. The number of carbonyl (C=O) groups excluding carboxylic acids is 2. The first-order valence-corrected chi connectivity index (χ1v) is 8.45. The van der Waals surface area contributed by atoms with Crippen LogP contribution in [0.3, 0.4) is 0 Å². The molecule has 6 heteroatoms. The van der Waals surface area contributed by atoms with Crippen molar-refractivity contribution in [3.05, 3.63) is 59.9 Å². The van der Waals surface area contributed by atoms with Gasteiger partial charge in [0.15, 0.2) is 0 Å². The van der Waals surface area contributed by atoms with Gasteiger partial charge in [-0.05, 0) is 24.5 Å². The molecule has 1 aromatic heterocycles. The van der Waals surface area contributed by atoms with Gasteiger partial charge in [0.25, 0.3) is 5.91 Å². The molecule has 0 bridgehead atoms. The number of carbonyl (C=O) groups is 2. The zero-order valence-corrected chi connectivity index (χ0v) is 14.0. The predicted molar refractivity (Wildman–Crippen MR) is 96.1 cm³/mol. The molecule has 6 nitrogen and oxygen atoms in total. The minimum Gasteiger partial charge on any atom is -0.380 e. The zero-order valence-electron chi connectivity index (χ0n) is 14.0. The quantitative estimate of drug-likeness (QED) is 0.841. The smallest absolute Gasteiger partial charge is 0.252 e. The van der Waals surface area contributed by atoms with Crippen LogP contribution >= 0.6 is 0 Å². The first-order chi connectivity index (χ1) is 12.1. The lowest BCUT2D eigenvalue weighted by Crippen LogP contribution is -2.32. The molecule has 130 valence electrons. The molecule has 3 N–H and O–H groups in total. The Morgan fingerprint density at radius 1 is 1.24 bits per heavy atom. The van der Waals surface area contributed by atoms with E-state index in [2.05, 4.69) is 10.3 Å². The number of nitrogens with one attached hydrogen (secondary N) is 1. The average molecular weight is 338 g/mol. The Morgan fingerprint density at radius 2 is 2.04 bits per heavy atom. The third kappa shape index (κ3) is 4.35. The lowest BCUT2D eigenvalue weighted by molar-refractivity contribution is -0.130. The van der Waals surface area contributed by atoms with Crippen molar-refractivity contribution in [3.8, 4) is 0 Å².